The molecule has 1 amide bonds. The molecular weight excluding hydrogens is 268 g/mol. The smallest absolute Gasteiger partial charge is 0.314 e. The van der Waals surface area contributed by atoms with Crippen LogP contribution in [-0.4, -0.2) is 23.5 Å². The number of carbonyl (C=O) groups is 2. The summed E-state index contributed by atoms with van der Waals surface area (Å²) in [5.74, 6) is -0.726. The van der Waals surface area contributed by atoms with Crippen LogP contribution in [0.2, 0.25) is 0 Å². The van der Waals surface area contributed by atoms with Crippen molar-refractivity contribution in [2.75, 3.05) is 11.6 Å². The summed E-state index contributed by atoms with van der Waals surface area (Å²) in [6.45, 7) is 0.627. The molecular formula is C16H20N2O3. The predicted molar refractivity (Wildman–Crippen MR) is 78.9 cm³/mol. The number of hydrogen-bond acceptors (Lipinski definition) is 3. The number of carbonyl (C=O) groups excluding carboxylic acids is 1. The largest absolute Gasteiger partial charge is 0.481 e. The van der Waals surface area contributed by atoms with Gasteiger partial charge in [0.05, 0.1) is 11.1 Å². The second-order valence-corrected chi connectivity index (χ2v) is 5.93. The molecule has 0 bridgehead atoms. The van der Waals surface area contributed by atoms with E-state index in [0.29, 0.717) is 25.8 Å². The Labute approximate surface area is 123 Å². The van der Waals surface area contributed by atoms with E-state index >= 15 is 0 Å². The minimum atomic E-state index is -0.766. The van der Waals surface area contributed by atoms with Gasteiger partial charge in [-0.05, 0) is 30.5 Å². The third kappa shape index (κ3) is 2.48. The lowest BCUT2D eigenvalue weighted by atomic mass is 9.69. The lowest BCUT2D eigenvalue weighted by Crippen LogP contribution is -2.38. The highest BCUT2D eigenvalue weighted by atomic mass is 16.4. The van der Waals surface area contributed by atoms with Gasteiger partial charge in [-0.1, -0.05) is 31.4 Å². The van der Waals surface area contributed by atoms with Crippen LogP contribution >= 0.6 is 0 Å². The first kappa shape index (κ1) is 13.9. The fourth-order valence-electron chi connectivity index (χ4n) is 3.42. The third-order valence-corrected chi connectivity index (χ3v) is 4.65. The van der Waals surface area contributed by atoms with Gasteiger partial charge in [0.2, 0.25) is 5.91 Å². The normalized spacial score (nSPS) is 21.1. The number of carboxylic acid groups (broad SMARTS) is 1. The van der Waals surface area contributed by atoms with Gasteiger partial charge in [-0.25, -0.2) is 0 Å². The van der Waals surface area contributed by atoms with Gasteiger partial charge in [0, 0.05) is 13.0 Å². The van der Waals surface area contributed by atoms with Crippen molar-refractivity contribution in [2.24, 2.45) is 0 Å². The minimum Gasteiger partial charge on any atom is -0.481 e. The van der Waals surface area contributed by atoms with Crippen LogP contribution in [0.15, 0.2) is 24.3 Å². The molecule has 5 heteroatoms. The standard InChI is InChI=1S/C16H20N2O3/c19-14-7-10-18(17-14)13-6-4-5-12(11-13)16(15(20)21)8-2-1-3-9-16/h4-6,11H,1-3,7-10H2,(H,17,19)(H,20,21). The molecule has 1 heterocycles. The maximum absolute atomic E-state index is 11.9. The molecule has 2 fully saturated rings. The summed E-state index contributed by atoms with van der Waals surface area (Å²) in [7, 11) is 0. The van der Waals surface area contributed by atoms with E-state index in [-0.39, 0.29) is 5.91 Å². The number of anilines is 1. The van der Waals surface area contributed by atoms with Crippen molar-refractivity contribution in [3.8, 4) is 0 Å². The number of nitrogens with zero attached hydrogens (tertiary/aromatic N) is 1. The summed E-state index contributed by atoms with van der Waals surface area (Å²) < 4.78 is 0. The van der Waals surface area contributed by atoms with Crippen LogP contribution in [0.1, 0.15) is 44.1 Å². The van der Waals surface area contributed by atoms with Crippen molar-refractivity contribution in [1.29, 1.82) is 0 Å². The molecule has 2 N–H and O–H groups in total. The van der Waals surface area contributed by atoms with Gasteiger partial charge in [0.1, 0.15) is 0 Å². The molecule has 2 aliphatic rings. The van der Waals surface area contributed by atoms with Crippen molar-refractivity contribution < 1.29 is 14.7 Å². The van der Waals surface area contributed by atoms with E-state index in [0.717, 1.165) is 30.5 Å². The van der Waals surface area contributed by atoms with E-state index in [1.165, 1.54) is 0 Å². The highest BCUT2D eigenvalue weighted by Gasteiger charge is 2.41. The van der Waals surface area contributed by atoms with Gasteiger partial charge < -0.3 is 5.11 Å². The molecule has 1 aliphatic carbocycles. The summed E-state index contributed by atoms with van der Waals surface area (Å²) in [5, 5.41) is 11.6. The van der Waals surface area contributed by atoms with Crippen LogP contribution in [0.5, 0.6) is 0 Å². The number of benzene rings is 1. The molecule has 1 aromatic carbocycles. The number of hydrazine groups is 1. The molecule has 0 radical (unpaired) electrons. The van der Waals surface area contributed by atoms with Crippen LogP contribution in [0.4, 0.5) is 5.69 Å². The molecule has 21 heavy (non-hydrogen) atoms. The average Bonchev–Trinajstić information content (AvgIpc) is 2.94. The molecule has 0 atom stereocenters. The maximum atomic E-state index is 11.9. The van der Waals surface area contributed by atoms with E-state index < -0.39 is 11.4 Å². The topological polar surface area (TPSA) is 69.6 Å². The van der Waals surface area contributed by atoms with Gasteiger partial charge in [-0.2, -0.15) is 0 Å². The Kier molecular flexibility index (Phi) is 3.57. The molecule has 5 nitrogen and oxygen atoms in total. The third-order valence-electron chi connectivity index (χ3n) is 4.65. The summed E-state index contributed by atoms with van der Waals surface area (Å²) in [6, 6.07) is 7.62. The van der Waals surface area contributed by atoms with Crippen LogP contribution in [0.25, 0.3) is 0 Å². The number of aliphatic carboxylic acids is 1. The van der Waals surface area contributed by atoms with Crippen LogP contribution in [0.3, 0.4) is 0 Å². The lowest BCUT2D eigenvalue weighted by Gasteiger charge is -2.34. The Bertz CT molecular complexity index is 564. The highest BCUT2D eigenvalue weighted by Crippen LogP contribution is 2.40. The first-order chi connectivity index (χ1) is 10.1. The molecule has 0 aromatic heterocycles. The minimum absolute atomic E-state index is 0.00557. The Morgan fingerprint density at radius 1 is 1.24 bits per heavy atom. The quantitative estimate of drug-likeness (QED) is 0.894. The molecule has 0 unspecified atom stereocenters. The molecule has 1 saturated heterocycles. The highest BCUT2D eigenvalue weighted by molar-refractivity contribution is 5.83. The monoisotopic (exact) mass is 288 g/mol. The first-order valence-electron chi connectivity index (χ1n) is 7.53. The Morgan fingerprint density at radius 2 is 2.00 bits per heavy atom. The maximum Gasteiger partial charge on any atom is 0.314 e. The Balaban J connectivity index is 1.94. The number of hydrogen-bond donors (Lipinski definition) is 2. The molecule has 0 spiro atoms. The zero-order valence-electron chi connectivity index (χ0n) is 12.0. The van der Waals surface area contributed by atoms with E-state index in [1.807, 2.05) is 24.3 Å². The lowest BCUT2D eigenvalue weighted by molar-refractivity contribution is -0.145. The average molecular weight is 288 g/mol. The van der Waals surface area contributed by atoms with Gasteiger partial charge in [-0.3, -0.25) is 20.0 Å². The Morgan fingerprint density at radius 3 is 2.62 bits per heavy atom. The van der Waals surface area contributed by atoms with E-state index in [4.69, 9.17) is 0 Å². The van der Waals surface area contributed by atoms with Crippen molar-refractivity contribution >= 4 is 17.6 Å². The zero-order chi connectivity index (χ0) is 14.9. The summed E-state index contributed by atoms with van der Waals surface area (Å²) in [6.07, 6.45) is 4.88. The molecule has 1 aromatic rings. The zero-order valence-corrected chi connectivity index (χ0v) is 12.0. The Hall–Kier alpha value is -2.04. The molecule has 1 saturated carbocycles. The number of carboxylic acids is 1. The van der Waals surface area contributed by atoms with Crippen molar-refractivity contribution in [2.45, 2.75) is 43.9 Å². The van der Waals surface area contributed by atoms with E-state index in [2.05, 4.69) is 5.43 Å². The molecule has 112 valence electrons. The van der Waals surface area contributed by atoms with E-state index in [9.17, 15) is 14.7 Å². The van der Waals surface area contributed by atoms with Crippen molar-refractivity contribution in [1.82, 2.24) is 5.43 Å². The fraction of sp³-hybridized carbons (Fsp3) is 0.500. The number of amides is 1. The van der Waals surface area contributed by atoms with Gasteiger partial charge in [0.25, 0.3) is 0 Å². The van der Waals surface area contributed by atoms with Gasteiger partial charge in [0.15, 0.2) is 0 Å². The van der Waals surface area contributed by atoms with Crippen molar-refractivity contribution in [3.05, 3.63) is 29.8 Å². The van der Waals surface area contributed by atoms with Crippen LogP contribution in [-0.2, 0) is 15.0 Å². The van der Waals surface area contributed by atoms with Gasteiger partial charge >= 0.3 is 5.97 Å². The summed E-state index contributed by atoms with van der Waals surface area (Å²) in [5.41, 5.74) is 3.74. The summed E-state index contributed by atoms with van der Waals surface area (Å²) >= 11 is 0. The predicted octanol–water partition coefficient (Wildman–Crippen LogP) is 2.21. The van der Waals surface area contributed by atoms with E-state index in [1.54, 1.807) is 5.01 Å². The summed E-state index contributed by atoms with van der Waals surface area (Å²) in [4.78, 5) is 23.2. The molecule has 3 rings (SSSR count). The first-order valence-corrected chi connectivity index (χ1v) is 7.53. The molecule has 1 aliphatic heterocycles. The van der Waals surface area contributed by atoms with Crippen LogP contribution < -0.4 is 10.4 Å². The second kappa shape index (κ2) is 5.39. The fourth-order valence-corrected chi connectivity index (χ4v) is 3.42. The SMILES string of the molecule is O=C1CCN(c2cccc(C3(C(=O)O)CCCCC3)c2)N1. The second-order valence-electron chi connectivity index (χ2n) is 5.93. The number of nitrogens with one attached hydrogen (secondary N) is 1. The van der Waals surface area contributed by atoms with Gasteiger partial charge in [-0.15, -0.1) is 0 Å². The van der Waals surface area contributed by atoms with Crippen LogP contribution in [0, 0.1) is 0 Å². The van der Waals surface area contributed by atoms with Crippen molar-refractivity contribution in [3.63, 3.8) is 0 Å². The number of rotatable bonds is 3.